The second kappa shape index (κ2) is 6.87. The lowest BCUT2D eigenvalue weighted by Gasteiger charge is -2.02. The Balaban J connectivity index is 1.59. The third kappa shape index (κ3) is 3.83. The molecule has 0 atom stereocenters. The van der Waals surface area contributed by atoms with Gasteiger partial charge >= 0.3 is 0 Å². The molecule has 3 aromatic rings. The van der Waals surface area contributed by atoms with Crippen molar-refractivity contribution in [1.29, 1.82) is 0 Å². The summed E-state index contributed by atoms with van der Waals surface area (Å²) in [6.07, 6.45) is 0.333. The molecule has 0 fully saturated rings. The third-order valence-corrected chi connectivity index (χ3v) is 3.49. The maximum Gasteiger partial charge on any atom is 0.248 e. The van der Waals surface area contributed by atoms with Gasteiger partial charge in [0.2, 0.25) is 17.7 Å². The summed E-state index contributed by atoms with van der Waals surface area (Å²) in [5, 5.41) is 10.8. The Morgan fingerprint density at radius 1 is 1.04 bits per heavy atom. The molecule has 23 heavy (non-hydrogen) atoms. The minimum Gasteiger partial charge on any atom is -0.419 e. The molecule has 2 aromatic carbocycles. The molecule has 0 saturated carbocycles. The molecule has 0 aliphatic heterocycles. The van der Waals surface area contributed by atoms with E-state index in [1.165, 1.54) is 0 Å². The summed E-state index contributed by atoms with van der Waals surface area (Å²) in [7, 11) is 0. The molecule has 0 saturated heterocycles. The number of carbonyl (C=O) groups excluding carboxylic acids is 1. The number of nitrogens with one attached hydrogen (secondary N) is 1. The summed E-state index contributed by atoms with van der Waals surface area (Å²) in [6.45, 7) is 2.21. The van der Waals surface area contributed by atoms with Gasteiger partial charge in [-0.05, 0) is 24.1 Å². The van der Waals surface area contributed by atoms with Gasteiger partial charge in [-0.2, -0.15) is 0 Å². The van der Waals surface area contributed by atoms with Crippen molar-refractivity contribution < 1.29 is 9.21 Å². The number of carbonyl (C=O) groups is 1. The van der Waals surface area contributed by atoms with E-state index in [9.17, 15) is 4.79 Å². The molecular weight excluding hydrogens is 290 g/mol. The number of hydrogen-bond donors (Lipinski definition) is 1. The van der Waals surface area contributed by atoms with Crippen LogP contribution in [0.3, 0.4) is 0 Å². The van der Waals surface area contributed by atoms with E-state index in [-0.39, 0.29) is 12.5 Å². The first-order valence-electron chi connectivity index (χ1n) is 7.41. The van der Waals surface area contributed by atoms with Crippen LogP contribution in [-0.2, 0) is 17.8 Å². The van der Waals surface area contributed by atoms with Crippen LogP contribution in [0.2, 0.25) is 0 Å². The lowest BCUT2D eigenvalue weighted by atomic mass is 10.1. The second-order valence-corrected chi connectivity index (χ2v) is 5.25. The summed E-state index contributed by atoms with van der Waals surface area (Å²) < 4.78 is 5.61. The quantitative estimate of drug-likeness (QED) is 0.787. The molecule has 5 nitrogen and oxygen atoms in total. The van der Waals surface area contributed by atoms with Crippen molar-refractivity contribution in [3.63, 3.8) is 0 Å². The smallest absolute Gasteiger partial charge is 0.248 e. The predicted octanol–water partition coefficient (Wildman–Crippen LogP) is 2.90. The molecule has 0 radical (unpaired) electrons. The van der Waals surface area contributed by atoms with Gasteiger partial charge in [0.15, 0.2) is 0 Å². The minimum atomic E-state index is -0.0770. The van der Waals surface area contributed by atoms with Crippen LogP contribution in [-0.4, -0.2) is 16.1 Å². The second-order valence-electron chi connectivity index (χ2n) is 5.25. The van der Waals surface area contributed by atoms with Crippen LogP contribution >= 0.6 is 0 Å². The Labute approximate surface area is 134 Å². The maximum absolute atomic E-state index is 11.9. The fourth-order valence-corrected chi connectivity index (χ4v) is 2.26. The van der Waals surface area contributed by atoms with Crippen LogP contribution in [0.1, 0.15) is 17.0 Å². The van der Waals surface area contributed by atoms with Gasteiger partial charge in [0.25, 0.3) is 0 Å². The standard InChI is InChI=1S/C18H17N3O2/c1-13-7-5-6-10-15(13)18-21-20-17(23-18)12-19-16(22)11-14-8-3-2-4-9-14/h2-10H,11-12H2,1H3,(H,19,22). The van der Waals surface area contributed by atoms with Gasteiger partial charge in [0.05, 0.1) is 13.0 Å². The Hall–Kier alpha value is -2.95. The van der Waals surface area contributed by atoms with Gasteiger partial charge in [-0.15, -0.1) is 10.2 Å². The number of aryl methyl sites for hydroxylation is 1. The Bertz CT molecular complexity index is 797. The molecule has 5 heteroatoms. The summed E-state index contributed by atoms with van der Waals surface area (Å²) in [5.74, 6) is 0.784. The number of benzene rings is 2. The van der Waals surface area contributed by atoms with Crippen LogP contribution in [0.25, 0.3) is 11.5 Å². The first-order valence-corrected chi connectivity index (χ1v) is 7.41. The summed E-state index contributed by atoms with van der Waals surface area (Å²) in [4.78, 5) is 11.9. The molecule has 1 aromatic heterocycles. The fraction of sp³-hybridized carbons (Fsp3) is 0.167. The lowest BCUT2D eigenvalue weighted by molar-refractivity contribution is -0.120. The van der Waals surface area contributed by atoms with Crippen LogP contribution in [0.4, 0.5) is 0 Å². The zero-order valence-corrected chi connectivity index (χ0v) is 12.8. The molecule has 1 heterocycles. The number of amides is 1. The largest absolute Gasteiger partial charge is 0.419 e. The van der Waals surface area contributed by atoms with E-state index in [1.807, 2.05) is 61.5 Å². The molecule has 116 valence electrons. The van der Waals surface area contributed by atoms with Crippen molar-refractivity contribution in [3.05, 3.63) is 71.6 Å². The van der Waals surface area contributed by atoms with Gasteiger partial charge < -0.3 is 9.73 Å². The zero-order chi connectivity index (χ0) is 16.1. The maximum atomic E-state index is 11.9. The summed E-state index contributed by atoms with van der Waals surface area (Å²) in [6, 6.07) is 17.4. The number of rotatable bonds is 5. The molecule has 0 bridgehead atoms. The van der Waals surface area contributed by atoms with Crippen LogP contribution < -0.4 is 5.32 Å². The highest BCUT2D eigenvalue weighted by molar-refractivity contribution is 5.78. The molecular formula is C18H17N3O2. The van der Waals surface area contributed by atoms with E-state index >= 15 is 0 Å². The van der Waals surface area contributed by atoms with Crippen molar-refractivity contribution >= 4 is 5.91 Å². The van der Waals surface area contributed by atoms with Gasteiger partial charge in [-0.3, -0.25) is 4.79 Å². The highest BCUT2D eigenvalue weighted by Crippen LogP contribution is 2.21. The Kier molecular flexibility index (Phi) is 4.47. The average Bonchev–Trinajstić information content (AvgIpc) is 3.03. The molecule has 0 aliphatic carbocycles. The van der Waals surface area contributed by atoms with Gasteiger partial charge in [-0.1, -0.05) is 48.5 Å². The predicted molar refractivity (Wildman–Crippen MR) is 86.5 cm³/mol. The lowest BCUT2D eigenvalue weighted by Crippen LogP contribution is -2.24. The van der Waals surface area contributed by atoms with Crippen molar-refractivity contribution in [3.8, 4) is 11.5 Å². The molecule has 0 spiro atoms. The zero-order valence-electron chi connectivity index (χ0n) is 12.8. The number of hydrogen-bond acceptors (Lipinski definition) is 4. The first-order chi connectivity index (χ1) is 11.2. The van der Waals surface area contributed by atoms with Crippen LogP contribution in [0.15, 0.2) is 59.0 Å². The van der Waals surface area contributed by atoms with Crippen molar-refractivity contribution in [2.75, 3.05) is 0 Å². The number of aromatic nitrogens is 2. The Morgan fingerprint density at radius 3 is 2.57 bits per heavy atom. The highest BCUT2D eigenvalue weighted by atomic mass is 16.4. The Morgan fingerprint density at radius 2 is 1.78 bits per heavy atom. The van der Waals surface area contributed by atoms with Gasteiger partial charge in [-0.25, -0.2) is 0 Å². The average molecular weight is 307 g/mol. The monoisotopic (exact) mass is 307 g/mol. The van der Waals surface area contributed by atoms with Gasteiger partial charge in [0.1, 0.15) is 0 Å². The SMILES string of the molecule is Cc1ccccc1-c1nnc(CNC(=O)Cc2ccccc2)o1. The van der Waals surface area contributed by atoms with Crippen molar-refractivity contribution in [2.24, 2.45) is 0 Å². The topological polar surface area (TPSA) is 68.0 Å². The normalized spacial score (nSPS) is 10.5. The summed E-state index contributed by atoms with van der Waals surface area (Å²) >= 11 is 0. The van der Waals surface area contributed by atoms with Crippen LogP contribution in [0, 0.1) is 6.92 Å². The number of nitrogens with zero attached hydrogens (tertiary/aromatic N) is 2. The van der Waals surface area contributed by atoms with E-state index < -0.39 is 0 Å². The van der Waals surface area contributed by atoms with E-state index in [0.29, 0.717) is 18.2 Å². The van der Waals surface area contributed by atoms with E-state index in [2.05, 4.69) is 15.5 Å². The van der Waals surface area contributed by atoms with Crippen molar-refractivity contribution in [2.45, 2.75) is 19.9 Å². The molecule has 1 amide bonds. The van der Waals surface area contributed by atoms with E-state index in [0.717, 1.165) is 16.7 Å². The van der Waals surface area contributed by atoms with Crippen LogP contribution in [0.5, 0.6) is 0 Å². The van der Waals surface area contributed by atoms with E-state index in [4.69, 9.17) is 4.42 Å². The highest BCUT2D eigenvalue weighted by Gasteiger charge is 2.11. The summed E-state index contributed by atoms with van der Waals surface area (Å²) in [5.41, 5.74) is 2.94. The molecule has 0 unspecified atom stereocenters. The minimum absolute atomic E-state index is 0.0770. The van der Waals surface area contributed by atoms with E-state index in [1.54, 1.807) is 0 Å². The van der Waals surface area contributed by atoms with Crippen molar-refractivity contribution in [1.82, 2.24) is 15.5 Å². The molecule has 1 N–H and O–H groups in total. The van der Waals surface area contributed by atoms with Gasteiger partial charge in [0, 0.05) is 5.56 Å². The molecule has 0 aliphatic rings. The fourth-order valence-electron chi connectivity index (χ4n) is 2.26. The first kappa shape index (κ1) is 15.0. The third-order valence-electron chi connectivity index (χ3n) is 3.49. The molecule has 3 rings (SSSR count).